The molecule has 28 heavy (non-hydrogen) atoms. The number of halogens is 1. The largest absolute Gasteiger partial charge is 0.368 e. The molecule has 0 saturated carbocycles. The molecule has 1 fully saturated rings. The van der Waals surface area contributed by atoms with Gasteiger partial charge in [-0.3, -0.25) is 9.13 Å². The van der Waals surface area contributed by atoms with Crippen LogP contribution in [0.5, 0.6) is 0 Å². The number of piperidine rings is 1. The molecule has 3 heterocycles. The van der Waals surface area contributed by atoms with Crippen LogP contribution in [-0.4, -0.2) is 33.2 Å². The highest BCUT2D eigenvalue weighted by Crippen LogP contribution is 2.31. The molecule has 0 bridgehead atoms. The van der Waals surface area contributed by atoms with Gasteiger partial charge in [0.05, 0.1) is 12.3 Å². The standard InChI is InChI=1S/C20H21ClN6O/c1-23-15-8-4-3-6-13(15)11-27-18-16(26-9-5-7-14(22)12-26)10-17(21)24-19(18)25(2)20(27)28/h3-4,6,8,10,14H,5,7,9,11-12,22H2,2H3/t14-/m1/s1. The summed E-state index contributed by atoms with van der Waals surface area (Å²) in [7, 11) is 1.69. The Labute approximate surface area is 167 Å². The average Bonchev–Trinajstić information content (AvgIpc) is 2.92. The monoisotopic (exact) mass is 396 g/mol. The van der Waals surface area contributed by atoms with Crippen molar-refractivity contribution in [2.24, 2.45) is 12.8 Å². The predicted molar refractivity (Wildman–Crippen MR) is 111 cm³/mol. The summed E-state index contributed by atoms with van der Waals surface area (Å²) in [6.45, 7) is 9.26. The van der Waals surface area contributed by atoms with Crippen molar-refractivity contribution in [3.63, 3.8) is 0 Å². The van der Waals surface area contributed by atoms with Crippen molar-refractivity contribution in [2.45, 2.75) is 25.4 Å². The van der Waals surface area contributed by atoms with E-state index in [1.54, 1.807) is 23.7 Å². The van der Waals surface area contributed by atoms with E-state index in [4.69, 9.17) is 23.9 Å². The van der Waals surface area contributed by atoms with Gasteiger partial charge in [0, 0.05) is 38.8 Å². The second kappa shape index (κ2) is 7.30. The lowest BCUT2D eigenvalue weighted by molar-refractivity contribution is 0.506. The third kappa shape index (κ3) is 3.15. The van der Waals surface area contributed by atoms with Crippen LogP contribution in [-0.2, 0) is 13.6 Å². The number of benzene rings is 1. The molecule has 0 aliphatic carbocycles. The number of nitrogens with two attached hydrogens (primary N) is 1. The van der Waals surface area contributed by atoms with Crippen molar-refractivity contribution in [2.75, 3.05) is 18.0 Å². The molecule has 2 N–H and O–H groups in total. The van der Waals surface area contributed by atoms with Crippen LogP contribution >= 0.6 is 11.6 Å². The van der Waals surface area contributed by atoms with E-state index in [9.17, 15) is 4.79 Å². The van der Waals surface area contributed by atoms with Gasteiger partial charge in [-0.25, -0.2) is 14.6 Å². The Balaban J connectivity index is 1.92. The van der Waals surface area contributed by atoms with E-state index in [1.165, 1.54) is 4.57 Å². The Hall–Kier alpha value is -2.82. The van der Waals surface area contributed by atoms with Gasteiger partial charge in [0.2, 0.25) is 0 Å². The number of imidazole rings is 1. The van der Waals surface area contributed by atoms with Gasteiger partial charge in [-0.2, -0.15) is 0 Å². The maximum Gasteiger partial charge on any atom is 0.330 e. The number of rotatable bonds is 3. The highest BCUT2D eigenvalue weighted by Gasteiger charge is 2.24. The Morgan fingerprint density at radius 3 is 2.93 bits per heavy atom. The van der Waals surface area contributed by atoms with E-state index in [0.29, 0.717) is 29.6 Å². The number of anilines is 1. The zero-order valence-corrected chi connectivity index (χ0v) is 16.4. The average molecular weight is 397 g/mol. The molecular formula is C20H21ClN6O. The zero-order chi connectivity index (χ0) is 19.8. The Kier molecular flexibility index (Phi) is 4.84. The van der Waals surface area contributed by atoms with Gasteiger partial charge in [-0.1, -0.05) is 35.9 Å². The van der Waals surface area contributed by atoms with Gasteiger partial charge >= 0.3 is 5.69 Å². The number of pyridine rings is 1. The normalized spacial score (nSPS) is 17.1. The fraction of sp³-hybridized carbons (Fsp3) is 0.350. The predicted octanol–water partition coefficient (Wildman–Crippen LogP) is 2.91. The van der Waals surface area contributed by atoms with Crippen LogP contribution in [0.15, 0.2) is 35.1 Å². The minimum atomic E-state index is -0.188. The first-order chi connectivity index (χ1) is 13.5. The lowest BCUT2D eigenvalue weighted by Crippen LogP contribution is -2.43. The SMILES string of the molecule is [C-]#[N+]c1ccccc1Cn1c(=O)n(C)c2nc(Cl)cc(N3CCC[C@@H](N)C3)c21. The van der Waals surface area contributed by atoms with Crippen LogP contribution in [0.1, 0.15) is 18.4 Å². The number of nitrogens with zero attached hydrogens (tertiary/aromatic N) is 5. The summed E-state index contributed by atoms with van der Waals surface area (Å²) in [4.78, 5) is 23.2. The second-order valence-corrected chi connectivity index (χ2v) is 7.54. The molecule has 1 atom stereocenters. The molecule has 2 aromatic heterocycles. The molecule has 1 aliphatic heterocycles. The number of hydrogen-bond donors (Lipinski definition) is 1. The van der Waals surface area contributed by atoms with E-state index in [-0.39, 0.29) is 11.7 Å². The van der Waals surface area contributed by atoms with Crippen molar-refractivity contribution in [1.82, 2.24) is 14.1 Å². The molecule has 4 rings (SSSR count). The van der Waals surface area contributed by atoms with Crippen molar-refractivity contribution in [1.29, 1.82) is 0 Å². The summed E-state index contributed by atoms with van der Waals surface area (Å²) in [5.74, 6) is 0. The quantitative estimate of drug-likeness (QED) is 0.545. The van der Waals surface area contributed by atoms with Crippen LogP contribution in [0.25, 0.3) is 16.0 Å². The topological polar surface area (TPSA) is 73.4 Å². The molecule has 1 aliphatic rings. The van der Waals surface area contributed by atoms with E-state index >= 15 is 0 Å². The van der Waals surface area contributed by atoms with Crippen LogP contribution in [0.4, 0.5) is 11.4 Å². The number of fused-ring (bicyclic) bond motifs is 1. The van der Waals surface area contributed by atoms with Gasteiger partial charge in [0.25, 0.3) is 0 Å². The molecule has 144 valence electrons. The van der Waals surface area contributed by atoms with Gasteiger partial charge < -0.3 is 10.6 Å². The van der Waals surface area contributed by atoms with Crippen molar-refractivity contribution in [3.05, 3.63) is 62.9 Å². The molecule has 1 saturated heterocycles. The minimum absolute atomic E-state index is 0.0856. The van der Waals surface area contributed by atoms with Gasteiger partial charge in [0.15, 0.2) is 11.3 Å². The molecule has 0 radical (unpaired) electrons. The van der Waals surface area contributed by atoms with Crippen LogP contribution in [0.3, 0.4) is 0 Å². The molecular weight excluding hydrogens is 376 g/mol. The number of para-hydroxylation sites is 1. The van der Waals surface area contributed by atoms with E-state index in [0.717, 1.165) is 36.2 Å². The molecule has 3 aromatic rings. The first-order valence-corrected chi connectivity index (χ1v) is 9.59. The summed E-state index contributed by atoms with van der Waals surface area (Å²) in [6.07, 6.45) is 1.97. The third-order valence-electron chi connectivity index (χ3n) is 5.27. The smallest absolute Gasteiger partial charge is 0.330 e. The summed E-state index contributed by atoms with van der Waals surface area (Å²) in [5.41, 5.74) is 9.45. The van der Waals surface area contributed by atoms with E-state index in [2.05, 4.69) is 14.7 Å². The highest BCUT2D eigenvalue weighted by atomic mass is 35.5. The van der Waals surface area contributed by atoms with Crippen molar-refractivity contribution >= 4 is 34.1 Å². The van der Waals surface area contributed by atoms with Crippen LogP contribution < -0.4 is 16.3 Å². The van der Waals surface area contributed by atoms with Crippen molar-refractivity contribution < 1.29 is 0 Å². The van der Waals surface area contributed by atoms with E-state index < -0.39 is 0 Å². The molecule has 0 amide bonds. The molecule has 8 heteroatoms. The fourth-order valence-electron chi connectivity index (χ4n) is 3.88. The Morgan fingerprint density at radius 1 is 1.39 bits per heavy atom. The summed E-state index contributed by atoms with van der Waals surface area (Å²) < 4.78 is 3.19. The van der Waals surface area contributed by atoms with Crippen molar-refractivity contribution in [3.8, 4) is 0 Å². The Morgan fingerprint density at radius 2 is 2.18 bits per heavy atom. The van der Waals surface area contributed by atoms with Gasteiger partial charge in [0.1, 0.15) is 10.7 Å². The number of hydrogen-bond acceptors (Lipinski definition) is 4. The Bertz CT molecular complexity index is 1140. The van der Waals surface area contributed by atoms with Crippen LogP contribution in [0, 0.1) is 6.57 Å². The summed E-state index contributed by atoms with van der Waals surface area (Å²) in [5, 5.41) is 0.343. The minimum Gasteiger partial charge on any atom is -0.368 e. The third-order valence-corrected chi connectivity index (χ3v) is 5.46. The first kappa shape index (κ1) is 18.5. The fourth-order valence-corrected chi connectivity index (χ4v) is 4.07. The summed E-state index contributed by atoms with van der Waals surface area (Å²) in [6, 6.07) is 9.22. The molecule has 0 spiro atoms. The molecule has 1 aromatic carbocycles. The highest BCUT2D eigenvalue weighted by molar-refractivity contribution is 6.30. The lowest BCUT2D eigenvalue weighted by Gasteiger charge is -2.33. The molecule has 0 unspecified atom stereocenters. The number of aryl methyl sites for hydroxylation is 1. The van der Waals surface area contributed by atoms with Crippen LogP contribution in [0.2, 0.25) is 5.15 Å². The first-order valence-electron chi connectivity index (χ1n) is 9.21. The zero-order valence-electron chi connectivity index (χ0n) is 15.6. The lowest BCUT2D eigenvalue weighted by atomic mass is 10.1. The second-order valence-electron chi connectivity index (χ2n) is 7.15. The maximum atomic E-state index is 13.0. The molecule has 7 nitrogen and oxygen atoms in total. The van der Waals surface area contributed by atoms with Gasteiger partial charge in [-0.15, -0.1) is 0 Å². The summed E-state index contributed by atoms with van der Waals surface area (Å²) >= 11 is 6.29. The van der Waals surface area contributed by atoms with E-state index in [1.807, 2.05) is 18.2 Å². The number of aromatic nitrogens is 3. The maximum absolute atomic E-state index is 13.0. The van der Waals surface area contributed by atoms with Gasteiger partial charge in [-0.05, 0) is 18.4 Å².